The first kappa shape index (κ1) is 18.4. The van der Waals surface area contributed by atoms with Crippen LogP contribution in [0.2, 0.25) is 0 Å². The van der Waals surface area contributed by atoms with Gasteiger partial charge in [0.05, 0.1) is 15.9 Å². The summed E-state index contributed by atoms with van der Waals surface area (Å²) in [6.45, 7) is 4.29. The van der Waals surface area contributed by atoms with Crippen molar-refractivity contribution in [2.75, 3.05) is 5.32 Å². The number of aromatic nitrogens is 2. The summed E-state index contributed by atoms with van der Waals surface area (Å²) in [6.07, 6.45) is 0. The summed E-state index contributed by atoms with van der Waals surface area (Å²) in [5.41, 5.74) is 2.82. The van der Waals surface area contributed by atoms with E-state index in [0.29, 0.717) is 11.3 Å². The Morgan fingerprint density at radius 1 is 1.33 bits per heavy atom. The van der Waals surface area contributed by atoms with E-state index in [4.69, 9.17) is 0 Å². The molecular weight excluding hydrogens is 384 g/mol. The number of anilines is 1. The summed E-state index contributed by atoms with van der Waals surface area (Å²) in [7, 11) is 0. The van der Waals surface area contributed by atoms with Gasteiger partial charge in [-0.05, 0) is 67.4 Å². The van der Waals surface area contributed by atoms with E-state index < -0.39 is 12.7 Å². The maximum Gasteiger partial charge on any atom is 0.387 e. The number of benzene rings is 1. The third-order valence-electron chi connectivity index (χ3n) is 3.66. The number of nitrogens with one attached hydrogen (secondary N) is 1. The van der Waals surface area contributed by atoms with Crippen molar-refractivity contribution < 1.29 is 18.3 Å². The minimum atomic E-state index is -2.88. The first-order valence-corrected chi connectivity index (χ1v) is 8.07. The maximum atomic E-state index is 12.5. The van der Waals surface area contributed by atoms with Crippen LogP contribution in [0, 0.1) is 20.8 Å². The topological polar surface area (TPSA) is 56.1 Å². The van der Waals surface area contributed by atoms with E-state index in [9.17, 15) is 13.6 Å². The molecule has 130 valence electrons. The Morgan fingerprint density at radius 2 is 2.00 bits per heavy atom. The SMILES string of the molecule is Cc1cc(OC(F)F)ccc1NC(=O)C(C)n1nc(C)c(Br)c1C. The van der Waals surface area contributed by atoms with Gasteiger partial charge in [0.25, 0.3) is 0 Å². The standard InChI is InChI=1S/C16H18BrF2N3O2/c1-8-7-12(24-16(18)19)5-6-13(8)20-15(23)11(4)22-10(3)14(17)9(2)21-22/h5-7,11,16H,1-4H3,(H,20,23). The predicted molar refractivity (Wildman–Crippen MR) is 90.6 cm³/mol. The van der Waals surface area contributed by atoms with Gasteiger partial charge in [-0.3, -0.25) is 9.48 Å². The third-order valence-corrected chi connectivity index (χ3v) is 4.81. The maximum absolute atomic E-state index is 12.5. The molecule has 1 heterocycles. The van der Waals surface area contributed by atoms with Crippen LogP contribution in [0.25, 0.3) is 0 Å². The van der Waals surface area contributed by atoms with Gasteiger partial charge < -0.3 is 10.1 Å². The monoisotopic (exact) mass is 401 g/mol. The zero-order chi connectivity index (χ0) is 18.0. The summed E-state index contributed by atoms with van der Waals surface area (Å²) < 4.78 is 31.3. The molecule has 0 spiro atoms. The summed E-state index contributed by atoms with van der Waals surface area (Å²) >= 11 is 3.43. The zero-order valence-electron chi connectivity index (χ0n) is 13.7. The molecular formula is C16H18BrF2N3O2. The molecule has 0 saturated heterocycles. The zero-order valence-corrected chi connectivity index (χ0v) is 15.3. The number of hydrogen-bond acceptors (Lipinski definition) is 3. The normalized spacial score (nSPS) is 12.3. The Morgan fingerprint density at radius 3 is 2.50 bits per heavy atom. The van der Waals surface area contributed by atoms with E-state index in [0.717, 1.165) is 15.9 Å². The lowest BCUT2D eigenvalue weighted by molar-refractivity contribution is -0.119. The molecule has 0 bridgehead atoms. The van der Waals surface area contributed by atoms with Crippen LogP contribution >= 0.6 is 15.9 Å². The van der Waals surface area contributed by atoms with Crippen molar-refractivity contribution in [1.29, 1.82) is 0 Å². The van der Waals surface area contributed by atoms with Gasteiger partial charge in [0, 0.05) is 5.69 Å². The molecule has 1 aromatic carbocycles. The van der Waals surface area contributed by atoms with Crippen LogP contribution in [0.1, 0.15) is 29.9 Å². The highest BCUT2D eigenvalue weighted by Crippen LogP contribution is 2.25. The van der Waals surface area contributed by atoms with E-state index in [-0.39, 0.29) is 11.7 Å². The van der Waals surface area contributed by atoms with Crippen molar-refractivity contribution >= 4 is 27.5 Å². The molecule has 1 unspecified atom stereocenters. The number of halogens is 3. The fourth-order valence-electron chi connectivity index (χ4n) is 2.32. The fraction of sp³-hybridized carbons (Fsp3) is 0.375. The number of nitrogens with zero attached hydrogens (tertiary/aromatic N) is 2. The molecule has 2 aromatic rings. The highest BCUT2D eigenvalue weighted by atomic mass is 79.9. The number of aryl methyl sites for hydroxylation is 2. The number of rotatable bonds is 5. The quantitative estimate of drug-likeness (QED) is 0.808. The van der Waals surface area contributed by atoms with Gasteiger partial charge in [-0.25, -0.2) is 0 Å². The molecule has 1 amide bonds. The minimum absolute atomic E-state index is 0.0519. The Balaban J connectivity index is 2.15. The smallest absolute Gasteiger partial charge is 0.387 e. The molecule has 0 aliphatic carbocycles. The summed E-state index contributed by atoms with van der Waals surface area (Å²) in [5.74, 6) is -0.199. The van der Waals surface area contributed by atoms with Crippen LogP contribution in [0.5, 0.6) is 5.75 Å². The molecule has 1 N–H and O–H groups in total. The minimum Gasteiger partial charge on any atom is -0.435 e. The number of carbonyl (C=O) groups is 1. The fourth-order valence-corrected chi connectivity index (χ4v) is 2.58. The molecule has 0 aliphatic rings. The van der Waals surface area contributed by atoms with Gasteiger partial charge in [0.2, 0.25) is 5.91 Å². The number of alkyl halides is 2. The van der Waals surface area contributed by atoms with Gasteiger partial charge in [-0.2, -0.15) is 13.9 Å². The summed E-state index contributed by atoms with van der Waals surface area (Å²) in [6, 6.07) is 3.85. The van der Waals surface area contributed by atoms with E-state index in [1.54, 1.807) is 18.5 Å². The lowest BCUT2D eigenvalue weighted by atomic mass is 10.2. The van der Waals surface area contributed by atoms with Crippen LogP contribution in [0.3, 0.4) is 0 Å². The number of ether oxygens (including phenoxy) is 1. The average Bonchev–Trinajstić information content (AvgIpc) is 2.76. The van der Waals surface area contributed by atoms with Gasteiger partial charge in [0.15, 0.2) is 0 Å². The molecule has 0 aliphatic heterocycles. The number of carbonyl (C=O) groups excluding carboxylic acids is 1. The lowest BCUT2D eigenvalue weighted by Gasteiger charge is -2.16. The third kappa shape index (κ3) is 3.92. The predicted octanol–water partition coefficient (Wildman–Crippen LogP) is 4.37. The van der Waals surface area contributed by atoms with Crippen molar-refractivity contribution in [2.24, 2.45) is 0 Å². The van der Waals surface area contributed by atoms with Gasteiger partial charge in [-0.1, -0.05) is 0 Å². The second-order valence-corrected chi connectivity index (χ2v) is 6.24. The van der Waals surface area contributed by atoms with Gasteiger partial charge in [0.1, 0.15) is 11.8 Å². The van der Waals surface area contributed by atoms with E-state index in [2.05, 4.69) is 31.1 Å². The molecule has 2 rings (SSSR count). The molecule has 8 heteroatoms. The van der Waals surface area contributed by atoms with Crippen LogP contribution in [-0.2, 0) is 4.79 Å². The molecule has 1 atom stereocenters. The Labute approximate surface area is 147 Å². The molecule has 0 saturated carbocycles. The van der Waals surface area contributed by atoms with Crippen LogP contribution in [0.4, 0.5) is 14.5 Å². The Kier molecular flexibility index (Phi) is 5.58. The van der Waals surface area contributed by atoms with Crippen LogP contribution in [-0.4, -0.2) is 22.3 Å². The van der Waals surface area contributed by atoms with E-state index >= 15 is 0 Å². The highest BCUT2D eigenvalue weighted by Gasteiger charge is 2.21. The van der Waals surface area contributed by atoms with Crippen LogP contribution in [0.15, 0.2) is 22.7 Å². The molecule has 0 fully saturated rings. The van der Waals surface area contributed by atoms with Crippen molar-refractivity contribution in [2.45, 2.75) is 40.3 Å². The first-order chi connectivity index (χ1) is 11.2. The van der Waals surface area contributed by atoms with Gasteiger partial charge >= 0.3 is 6.61 Å². The summed E-state index contributed by atoms with van der Waals surface area (Å²) in [5, 5.41) is 7.13. The first-order valence-electron chi connectivity index (χ1n) is 7.28. The summed E-state index contributed by atoms with van der Waals surface area (Å²) in [4.78, 5) is 12.5. The van der Waals surface area contributed by atoms with Gasteiger partial charge in [-0.15, -0.1) is 0 Å². The van der Waals surface area contributed by atoms with E-state index in [1.165, 1.54) is 18.2 Å². The van der Waals surface area contributed by atoms with Crippen molar-refractivity contribution in [3.63, 3.8) is 0 Å². The largest absolute Gasteiger partial charge is 0.435 e. The van der Waals surface area contributed by atoms with Crippen LogP contribution < -0.4 is 10.1 Å². The Hall–Kier alpha value is -1.96. The number of hydrogen-bond donors (Lipinski definition) is 1. The second kappa shape index (κ2) is 7.29. The van der Waals surface area contributed by atoms with E-state index in [1.807, 2.05) is 13.8 Å². The highest BCUT2D eigenvalue weighted by molar-refractivity contribution is 9.10. The Bertz CT molecular complexity index is 762. The van der Waals surface area contributed by atoms with Crippen molar-refractivity contribution in [3.8, 4) is 5.75 Å². The second-order valence-electron chi connectivity index (χ2n) is 5.45. The van der Waals surface area contributed by atoms with Crippen molar-refractivity contribution in [3.05, 3.63) is 39.6 Å². The molecule has 0 radical (unpaired) electrons. The molecule has 24 heavy (non-hydrogen) atoms. The molecule has 5 nitrogen and oxygen atoms in total. The number of amides is 1. The lowest BCUT2D eigenvalue weighted by Crippen LogP contribution is -2.25. The van der Waals surface area contributed by atoms with Crippen molar-refractivity contribution in [1.82, 2.24) is 9.78 Å². The molecule has 1 aromatic heterocycles. The average molecular weight is 402 g/mol.